The number of phosphoric ester groups is 1. The Bertz CT molecular complexity index is 1500. The molecular formula is C29H38N3O10P. The maximum absolute atomic E-state index is 14.4. The van der Waals surface area contributed by atoms with Crippen LogP contribution in [0.4, 0.5) is 5.69 Å². The molecule has 3 unspecified atom stereocenters. The van der Waals surface area contributed by atoms with Gasteiger partial charge in [0.05, 0.1) is 17.1 Å². The lowest BCUT2D eigenvalue weighted by Crippen LogP contribution is -2.49. The molecule has 1 aromatic carbocycles. The van der Waals surface area contributed by atoms with Crippen molar-refractivity contribution in [3.63, 3.8) is 0 Å². The van der Waals surface area contributed by atoms with Crippen molar-refractivity contribution in [3.05, 3.63) is 72.5 Å². The molecule has 5 atom stereocenters. The van der Waals surface area contributed by atoms with Gasteiger partial charge >= 0.3 is 13.5 Å². The van der Waals surface area contributed by atoms with Gasteiger partial charge in [-0.15, -0.1) is 0 Å². The molecule has 0 spiro atoms. The summed E-state index contributed by atoms with van der Waals surface area (Å²) in [6.45, 7) is 1.63. The van der Waals surface area contributed by atoms with Crippen LogP contribution in [0, 0.1) is 40.2 Å². The van der Waals surface area contributed by atoms with Crippen LogP contribution in [-0.2, 0) is 27.6 Å². The minimum absolute atomic E-state index is 0.0600. The number of nitro groups is 1. The van der Waals surface area contributed by atoms with Crippen molar-refractivity contribution in [2.45, 2.75) is 76.4 Å². The van der Waals surface area contributed by atoms with Gasteiger partial charge in [-0.05, 0) is 69.3 Å². The van der Waals surface area contributed by atoms with Crippen LogP contribution < -0.4 is 11.2 Å². The van der Waals surface area contributed by atoms with Gasteiger partial charge in [0, 0.05) is 43.9 Å². The Kier molecular flexibility index (Phi) is 8.25. The predicted molar refractivity (Wildman–Crippen MR) is 153 cm³/mol. The summed E-state index contributed by atoms with van der Waals surface area (Å²) in [5, 5.41) is 12.2. The zero-order valence-corrected chi connectivity index (χ0v) is 25.4. The third kappa shape index (κ3) is 5.79. The molecule has 1 aliphatic heterocycles. The average Bonchev–Trinajstić information content (AvgIpc) is 3.34. The maximum Gasteiger partial charge on any atom is 0.475 e. The highest BCUT2D eigenvalue weighted by atomic mass is 31.2. The Labute approximate surface area is 248 Å². The molecule has 1 saturated heterocycles. The molecule has 4 saturated carbocycles. The first-order valence-corrected chi connectivity index (χ1v) is 16.2. The first kappa shape index (κ1) is 30.4. The molecule has 0 radical (unpaired) electrons. The lowest BCUT2D eigenvalue weighted by atomic mass is 9.47. The molecule has 4 bridgehead atoms. The second-order valence-electron chi connectivity index (χ2n) is 12.7. The molecule has 7 rings (SSSR count). The van der Waals surface area contributed by atoms with Gasteiger partial charge in [0.25, 0.3) is 11.2 Å². The third-order valence-electron chi connectivity index (χ3n) is 9.75. The van der Waals surface area contributed by atoms with Crippen molar-refractivity contribution in [1.29, 1.82) is 0 Å². The minimum atomic E-state index is -4.36. The van der Waals surface area contributed by atoms with Crippen LogP contribution in [0.25, 0.3) is 0 Å². The number of nitrogens with zero attached hydrogens (tertiary/aromatic N) is 2. The quantitative estimate of drug-likeness (QED) is 0.210. The number of para-hydroxylation sites is 1. The van der Waals surface area contributed by atoms with Crippen molar-refractivity contribution >= 4 is 13.5 Å². The number of ether oxygens (including phenoxy) is 2. The van der Waals surface area contributed by atoms with Crippen LogP contribution in [0.5, 0.6) is 0 Å². The first-order valence-electron chi connectivity index (χ1n) is 14.8. The number of hydrogen-bond donors (Lipinski definition) is 1. The normalized spacial score (nSPS) is 33.4. The fourth-order valence-electron chi connectivity index (χ4n) is 8.37. The number of aryl methyl sites for hydroxylation is 1. The van der Waals surface area contributed by atoms with E-state index in [1.807, 2.05) is 0 Å². The summed E-state index contributed by atoms with van der Waals surface area (Å²) < 4.78 is 45.1. The van der Waals surface area contributed by atoms with E-state index in [1.54, 1.807) is 25.1 Å². The molecule has 43 heavy (non-hydrogen) atoms. The molecular weight excluding hydrogens is 581 g/mol. The van der Waals surface area contributed by atoms with Gasteiger partial charge < -0.3 is 9.47 Å². The van der Waals surface area contributed by atoms with Crippen LogP contribution in [0.2, 0.25) is 0 Å². The Hall–Kier alpha value is -2.67. The number of hydrogen-bond acceptors (Lipinski definition) is 10. The lowest BCUT2D eigenvalue weighted by Gasteiger charge is -2.59. The summed E-state index contributed by atoms with van der Waals surface area (Å²) in [5.74, 6) is 1.49. The van der Waals surface area contributed by atoms with Gasteiger partial charge in [-0.25, -0.2) is 9.36 Å². The molecule has 5 fully saturated rings. The number of aromatic amines is 1. The van der Waals surface area contributed by atoms with Gasteiger partial charge in [0.1, 0.15) is 24.5 Å². The standard InChI is InChI=1S/C29H38N3O10P/c1-17-15-31(28(34)30-27(17)33)25-11-23(24(40-25)16-38-2)41-43(37,39-3)42-26(21-6-4-5-7-22(21)32(35)36)29-12-18-8-19(13-29)10-20(9-18)14-29/h4-7,15,18-20,23-26H,8-14,16H2,1-3H3,(H,30,33,34)/t18?,19?,20?,23?,24-,25-,26?,29?,43?/m1/s1. The van der Waals surface area contributed by atoms with Crippen molar-refractivity contribution in [3.8, 4) is 0 Å². The van der Waals surface area contributed by atoms with Gasteiger partial charge in [-0.1, -0.05) is 12.1 Å². The topological polar surface area (TPSA) is 161 Å². The Balaban J connectivity index is 1.33. The fraction of sp³-hybridized carbons (Fsp3) is 0.655. The molecule has 4 aliphatic carbocycles. The van der Waals surface area contributed by atoms with Crippen molar-refractivity contribution in [2.75, 3.05) is 20.8 Å². The van der Waals surface area contributed by atoms with E-state index < -0.39 is 53.9 Å². The summed E-state index contributed by atoms with van der Waals surface area (Å²) in [7, 11) is -1.65. The number of methoxy groups -OCH3 is 1. The van der Waals surface area contributed by atoms with Crippen LogP contribution in [0.3, 0.4) is 0 Å². The predicted octanol–water partition coefficient (Wildman–Crippen LogP) is 4.80. The largest absolute Gasteiger partial charge is 0.475 e. The summed E-state index contributed by atoms with van der Waals surface area (Å²) in [6.07, 6.45) is 4.05. The Morgan fingerprint density at radius 1 is 1.12 bits per heavy atom. The second kappa shape index (κ2) is 11.7. The lowest BCUT2D eigenvalue weighted by molar-refractivity contribution is -0.386. The van der Waals surface area contributed by atoms with E-state index in [0.717, 1.165) is 38.5 Å². The van der Waals surface area contributed by atoms with E-state index in [1.165, 1.54) is 31.0 Å². The van der Waals surface area contributed by atoms with Crippen LogP contribution in [0.15, 0.2) is 40.1 Å². The second-order valence-corrected chi connectivity index (χ2v) is 14.3. The monoisotopic (exact) mass is 619 g/mol. The van der Waals surface area contributed by atoms with E-state index in [0.29, 0.717) is 28.9 Å². The number of rotatable bonds is 11. The zero-order chi connectivity index (χ0) is 30.5. The highest BCUT2D eigenvalue weighted by Gasteiger charge is 2.58. The molecule has 14 heteroatoms. The minimum Gasteiger partial charge on any atom is -0.382 e. The molecule has 0 amide bonds. The molecule has 1 N–H and O–H groups in total. The number of aromatic nitrogens is 2. The van der Waals surface area contributed by atoms with Gasteiger partial charge in [-0.2, -0.15) is 0 Å². The highest BCUT2D eigenvalue weighted by Crippen LogP contribution is 2.68. The van der Waals surface area contributed by atoms with Gasteiger partial charge in [-0.3, -0.25) is 38.0 Å². The Morgan fingerprint density at radius 2 is 1.77 bits per heavy atom. The van der Waals surface area contributed by atoms with E-state index in [4.69, 9.17) is 23.0 Å². The van der Waals surface area contributed by atoms with Crippen molar-refractivity contribution in [2.24, 2.45) is 23.2 Å². The highest BCUT2D eigenvalue weighted by molar-refractivity contribution is 7.48. The van der Waals surface area contributed by atoms with E-state index in [-0.39, 0.29) is 18.7 Å². The Morgan fingerprint density at radius 3 is 2.37 bits per heavy atom. The van der Waals surface area contributed by atoms with Crippen LogP contribution in [0.1, 0.15) is 68.4 Å². The van der Waals surface area contributed by atoms with Crippen molar-refractivity contribution in [1.82, 2.24) is 9.55 Å². The molecule has 2 heterocycles. The van der Waals surface area contributed by atoms with E-state index in [2.05, 4.69) is 4.98 Å². The van der Waals surface area contributed by atoms with E-state index in [9.17, 15) is 24.3 Å². The number of phosphoric acid groups is 1. The van der Waals surface area contributed by atoms with Crippen LogP contribution >= 0.6 is 7.82 Å². The van der Waals surface area contributed by atoms with Crippen LogP contribution in [-0.4, -0.2) is 47.5 Å². The van der Waals surface area contributed by atoms with Crippen molar-refractivity contribution < 1.29 is 32.5 Å². The molecule has 234 valence electrons. The fourth-order valence-corrected chi connectivity index (χ4v) is 9.75. The summed E-state index contributed by atoms with van der Waals surface area (Å²) >= 11 is 0. The molecule has 2 aromatic rings. The molecule has 1 aromatic heterocycles. The summed E-state index contributed by atoms with van der Waals surface area (Å²) in [6, 6.07) is 6.45. The number of nitro benzene ring substituents is 1. The number of benzene rings is 1. The number of H-pyrrole nitrogens is 1. The van der Waals surface area contributed by atoms with Gasteiger partial charge in [0.2, 0.25) is 0 Å². The maximum atomic E-state index is 14.4. The third-order valence-corrected chi connectivity index (χ3v) is 11.2. The summed E-state index contributed by atoms with van der Waals surface area (Å²) in [4.78, 5) is 38.5. The number of nitrogens with one attached hydrogen (secondary N) is 1. The smallest absolute Gasteiger partial charge is 0.382 e. The molecule has 13 nitrogen and oxygen atoms in total. The SMILES string of the molecule is COC[C@H]1O[C@@H](n2cc(C)c(=O)[nH]c2=O)CC1OP(=O)(OC)OC(c1ccccc1[N+](=O)[O-])C12CC3CC(CC(C3)C1)C2. The summed E-state index contributed by atoms with van der Waals surface area (Å²) in [5.41, 5.74) is -1.01. The average molecular weight is 620 g/mol. The van der Waals surface area contributed by atoms with E-state index >= 15 is 0 Å². The van der Waals surface area contributed by atoms with Gasteiger partial charge in [0.15, 0.2) is 0 Å². The zero-order valence-electron chi connectivity index (χ0n) is 24.5. The molecule has 5 aliphatic rings. The first-order chi connectivity index (χ1) is 20.5.